The summed E-state index contributed by atoms with van der Waals surface area (Å²) in [6.07, 6.45) is 38.6. The molecule has 2 nitrogen and oxygen atoms in total. The number of hydrogen-bond donors (Lipinski definition) is 0. The molecule has 1 rings (SSSR count). The van der Waals surface area contributed by atoms with Crippen LogP contribution in [0.5, 0.6) is 0 Å². The first-order chi connectivity index (χ1) is 16.8. The molecule has 0 spiro atoms. The normalized spacial score (nSPS) is 11.5. The summed E-state index contributed by atoms with van der Waals surface area (Å²) in [6.45, 7) is 9.35. The van der Waals surface area contributed by atoms with E-state index < -0.39 is 0 Å². The van der Waals surface area contributed by atoms with Gasteiger partial charge in [-0.2, -0.15) is 0 Å². The maximum absolute atomic E-state index is 2.56. The summed E-state index contributed by atoms with van der Waals surface area (Å²) in [5, 5.41) is 0. The van der Waals surface area contributed by atoms with Crippen LogP contribution in [-0.4, -0.2) is 4.57 Å². The van der Waals surface area contributed by atoms with E-state index in [-0.39, 0.29) is 0 Å². The summed E-state index contributed by atoms with van der Waals surface area (Å²) in [5.41, 5.74) is 0. The van der Waals surface area contributed by atoms with Crippen molar-refractivity contribution < 1.29 is 4.57 Å². The van der Waals surface area contributed by atoms with Crippen LogP contribution in [0, 0.1) is 0 Å². The predicted molar refractivity (Wildman–Crippen MR) is 152 cm³/mol. The molecule has 1 aromatic rings. The lowest BCUT2D eigenvalue weighted by Crippen LogP contribution is -2.37. The van der Waals surface area contributed by atoms with Crippen molar-refractivity contribution in [1.82, 2.24) is 4.57 Å². The minimum atomic E-state index is 1.21. The van der Waals surface area contributed by atoms with Crippen LogP contribution in [0.4, 0.5) is 0 Å². The number of unbranched alkanes of at least 4 members (excludes halogenated alkanes) is 20. The third kappa shape index (κ3) is 16.8. The molecule has 34 heavy (non-hydrogen) atoms. The topological polar surface area (TPSA) is 8.81 Å². The molecule has 0 unspecified atom stereocenters. The van der Waals surface area contributed by atoms with Gasteiger partial charge in [0, 0.05) is 6.42 Å². The molecular formula is C32H63N2+. The minimum absolute atomic E-state index is 1.21. The molecule has 0 aliphatic carbocycles. The maximum atomic E-state index is 2.56. The fraction of sp³-hybridized carbons (Fsp3) is 0.906. The Morgan fingerprint density at radius 2 is 0.912 bits per heavy atom. The number of nitrogens with zero attached hydrogens (tertiary/aromatic N) is 2. The zero-order valence-corrected chi connectivity index (χ0v) is 23.9. The largest absolute Gasteiger partial charge is 0.256 e. The first-order valence-electron chi connectivity index (χ1n) is 15.9. The number of aryl methyl sites for hydroxylation is 2. The molecule has 0 bridgehead atoms. The Morgan fingerprint density at radius 1 is 0.500 bits per heavy atom. The van der Waals surface area contributed by atoms with Crippen LogP contribution in [-0.2, 0) is 19.5 Å². The molecule has 0 radical (unpaired) electrons. The lowest BCUT2D eigenvalue weighted by molar-refractivity contribution is -0.704. The van der Waals surface area contributed by atoms with Crippen LogP contribution in [0.3, 0.4) is 0 Å². The maximum Gasteiger partial charge on any atom is 0.256 e. The first-order valence-corrected chi connectivity index (χ1v) is 15.9. The number of imidazole rings is 1. The van der Waals surface area contributed by atoms with Gasteiger partial charge in [-0.1, -0.05) is 136 Å². The van der Waals surface area contributed by atoms with E-state index in [1.165, 1.54) is 167 Å². The van der Waals surface area contributed by atoms with Gasteiger partial charge in [-0.15, -0.1) is 0 Å². The molecule has 0 atom stereocenters. The van der Waals surface area contributed by atoms with Crippen molar-refractivity contribution in [2.75, 3.05) is 0 Å². The van der Waals surface area contributed by atoms with Gasteiger partial charge in [0.1, 0.15) is 12.4 Å². The lowest BCUT2D eigenvalue weighted by atomic mass is 10.0. The second-order valence-corrected chi connectivity index (χ2v) is 10.9. The van der Waals surface area contributed by atoms with Crippen molar-refractivity contribution in [2.24, 2.45) is 0 Å². The monoisotopic (exact) mass is 475 g/mol. The van der Waals surface area contributed by atoms with Crippen molar-refractivity contribution in [3.63, 3.8) is 0 Å². The summed E-state index contributed by atoms with van der Waals surface area (Å²) in [5.74, 6) is 1.56. The Labute approximate surface area is 215 Å². The van der Waals surface area contributed by atoms with Gasteiger partial charge in [0.2, 0.25) is 0 Å². The van der Waals surface area contributed by atoms with Crippen molar-refractivity contribution in [3.8, 4) is 0 Å². The summed E-state index contributed by atoms with van der Waals surface area (Å²) < 4.78 is 5.10. The molecule has 0 aliphatic heterocycles. The second kappa shape index (κ2) is 23.9. The molecule has 0 N–H and O–H groups in total. The van der Waals surface area contributed by atoms with Crippen molar-refractivity contribution in [1.29, 1.82) is 0 Å². The molecule has 0 aliphatic rings. The van der Waals surface area contributed by atoms with Gasteiger partial charge < -0.3 is 0 Å². The lowest BCUT2D eigenvalue weighted by Gasteiger charge is -2.06. The molecule has 2 heteroatoms. The van der Waals surface area contributed by atoms with Gasteiger partial charge in [-0.05, 0) is 32.1 Å². The molecule has 0 amide bonds. The third-order valence-corrected chi connectivity index (χ3v) is 7.57. The van der Waals surface area contributed by atoms with Gasteiger partial charge in [-0.25, -0.2) is 9.13 Å². The van der Waals surface area contributed by atoms with Crippen molar-refractivity contribution >= 4 is 0 Å². The number of rotatable bonds is 26. The molecule has 1 aromatic heterocycles. The van der Waals surface area contributed by atoms with E-state index in [4.69, 9.17) is 0 Å². The fourth-order valence-corrected chi connectivity index (χ4v) is 5.31. The van der Waals surface area contributed by atoms with Gasteiger partial charge in [0.05, 0.1) is 13.1 Å². The quantitative estimate of drug-likeness (QED) is 0.0930. The highest BCUT2D eigenvalue weighted by Gasteiger charge is 2.15. The highest BCUT2D eigenvalue weighted by molar-refractivity contribution is 4.84. The van der Waals surface area contributed by atoms with Gasteiger partial charge in [-0.3, -0.25) is 0 Å². The van der Waals surface area contributed by atoms with Crippen LogP contribution in [0.25, 0.3) is 0 Å². The molecule has 0 saturated carbocycles. The molecule has 0 aromatic carbocycles. The van der Waals surface area contributed by atoms with E-state index in [2.05, 4.69) is 42.3 Å². The summed E-state index contributed by atoms with van der Waals surface area (Å²) in [4.78, 5) is 0. The van der Waals surface area contributed by atoms with Crippen molar-refractivity contribution in [2.45, 2.75) is 188 Å². The standard InChI is InChI=1S/C32H63N2/c1-4-7-9-11-12-13-14-15-16-17-18-19-20-21-22-24-26-29-34-31-30-33(32(34)27-6-3)28-25-23-10-8-5-2/h30-31H,4-29H2,1-3H3/q+1. The van der Waals surface area contributed by atoms with Gasteiger partial charge in [0.15, 0.2) is 0 Å². The van der Waals surface area contributed by atoms with Crippen LogP contribution >= 0.6 is 0 Å². The first kappa shape index (κ1) is 31.2. The van der Waals surface area contributed by atoms with E-state index >= 15 is 0 Å². The van der Waals surface area contributed by atoms with Crippen LogP contribution < -0.4 is 4.57 Å². The SMILES string of the molecule is CCCCCCCCCCCCCCCCCCCn1cc[n+](CCCCCCC)c1CCC. The van der Waals surface area contributed by atoms with Crippen molar-refractivity contribution in [3.05, 3.63) is 18.2 Å². The Kier molecular flexibility index (Phi) is 22.0. The number of aromatic nitrogens is 2. The predicted octanol–water partition coefficient (Wildman–Crippen LogP) is 10.4. The van der Waals surface area contributed by atoms with Crippen LogP contribution in [0.1, 0.15) is 174 Å². The Balaban J connectivity index is 1.98. The average Bonchev–Trinajstić information content (AvgIpc) is 3.22. The molecular weight excluding hydrogens is 412 g/mol. The van der Waals surface area contributed by atoms with Crippen LogP contribution in [0.15, 0.2) is 12.4 Å². The van der Waals surface area contributed by atoms with Crippen LogP contribution in [0.2, 0.25) is 0 Å². The second-order valence-electron chi connectivity index (χ2n) is 10.9. The Bertz CT molecular complexity index is 533. The van der Waals surface area contributed by atoms with E-state index in [0.717, 1.165) is 0 Å². The highest BCUT2D eigenvalue weighted by Crippen LogP contribution is 2.14. The van der Waals surface area contributed by atoms with E-state index in [1.54, 1.807) is 5.82 Å². The van der Waals surface area contributed by atoms with Gasteiger partial charge in [0.25, 0.3) is 5.82 Å². The highest BCUT2D eigenvalue weighted by atomic mass is 15.1. The summed E-state index contributed by atoms with van der Waals surface area (Å²) in [6, 6.07) is 0. The summed E-state index contributed by atoms with van der Waals surface area (Å²) >= 11 is 0. The molecule has 1 heterocycles. The Morgan fingerprint density at radius 3 is 1.35 bits per heavy atom. The fourth-order valence-electron chi connectivity index (χ4n) is 5.31. The van der Waals surface area contributed by atoms with E-state index in [9.17, 15) is 0 Å². The van der Waals surface area contributed by atoms with E-state index in [0.29, 0.717) is 0 Å². The zero-order chi connectivity index (χ0) is 24.5. The minimum Gasteiger partial charge on any atom is -0.234 e. The Hall–Kier alpha value is -0.790. The molecule has 0 saturated heterocycles. The molecule has 200 valence electrons. The number of hydrogen-bond acceptors (Lipinski definition) is 0. The third-order valence-electron chi connectivity index (χ3n) is 7.57. The zero-order valence-electron chi connectivity index (χ0n) is 23.9. The smallest absolute Gasteiger partial charge is 0.234 e. The average molecular weight is 476 g/mol. The van der Waals surface area contributed by atoms with Gasteiger partial charge >= 0.3 is 0 Å². The summed E-state index contributed by atoms with van der Waals surface area (Å²) in [7, 11) is 0. The molecule has 0 fully saturated rings. The van der Waals surface area contributed by atoms with E-state index in [1.807, 2.05) is 0 Å².